The van der Waals surface area contributed by atoms with E-state index in [9.17, 15) is 9.90 Å². The van der Waals surface area contributed by atoms with Crippen LogP contribution in [0.2, 0.25) is 0 Å². The van der Waals surface area contributed by atoms with Crippen LogP contribution in [0.25, 0.3) is 0 Å². The van der Waals surface area contributed by atoms with Crippen molar-refractivity contribution < 1.29 is 9.90 Å². The lowest BCUT2D eigenvalue weighted by atomic mass is 10.0. The maximum Gasteiger partial charge on any atom is 0.251 e. The molecule has 110 valence electrons. The first-order chi connectivity index (χ1) is 9.56. The predicted molar refractivity (Wildman–Crippen MR) is 81.0 cm³/mol. The molecular formula is C16H24N2O2. The molecule has 0 aromatic heterocycles. The number of fused-ring (bicyclic) bond motifs is 1. The van der Waals surface area contributed by atoms with Gasteiger partial charge in [-0.25, -0.2) is 0 Å². The zero-order valence-electron chi connectivity index (χ0n) is 12.3. The summed E-state index contributed by atoms with van der Waals surface area (Å²) in [5.74, 6) is 0.318. The van der Waals surface area contributed by atoms with Crippen LogP contribution in [0, 0.1) is 5.92 Å². The maximum absolute atomic E-state index is 12.1. The number of aryl methyl sites for hydroxylation is 1. The number of benzene rings is 1. The fourth-order valence-corrected chi connectivity index (χ4v) is 2.56. The van der Waals surface area contributed by atoms with Gasteiger partial charge in [0, 0.05) is 24.3 Å². The SMILES string of the molecule is CC(C)CC(O)CNC(=O)c1ccc2c(c1)CCCN2. The fourth-order valence-electron chi connectivity index (χ4n) is 2.56. The number of anilines is 1. The topological polar surface area (TPSA) is 61.4 Å². The Morgan fingerprint density at radius 1 is 1.45 bits per heavy atom. The third-order valence-electron chi connectivity index (χ3n) is 3.55. The molecule has 4 nitrogen and oxygen atoms in total. The second kappa shape index (κ2) is 6.75. The number of nitrogens with one attached hydrogen (secondary N) is 2. The van der Waals surface area contributed by atoms with Gasteiger partial charge in [-0.1, -0.05) is 13.8 Å². The zero-order chi connectivity index (χ0) is 14.5. The smallest absolute Gasteiger partial charge is 0.251 e. The molecule has 0 aliphatic carbocycles. The fraction of sp³-hybridized carbons (Fsp3) is 0.562. The molecule has 3 N–H and O–H groups in total. The lowest BCUT2D eigenvalue weighted by molar-refractivity contribution is 0.0900. The number of hydrogen-bond acceptors (Lipinski definition) is 3. The minimum absolute atomic E-state index is 0.110. The number of hydrogen-bond donors (Lipinski definition) is 3. The minimum Gasteiger partial charge on any atom is -0.391 e. The number of aliphatic hydroxyl groups is 1. The first kappa shape index (κ1) is 14.9. The number of carbonyl (C=O) groups is 1. The highest BCUT2D eigenvalue weighted by Crippen LogP contribution is 2.22. The molecule has 1 aliphatic rings. The van der Waals surface area contributed by atoms with Crippen molar-refractivity contribution >= 4 is 11.6 Å². The first-order valence-electron chi connectivity index (χ1n) is 7.39. The van der Waals surface area contributed by atoms with Gasteiger partial charge in [-0.3, -0.25) is 4.79 Å². The van der Waals surface area contributed by atoms with Crippen LogP contribution >= 0.6 is 0 Å². The van der Waals surface area contributed by atoms with Crippen molar-refractivity contribution in [3.8, 4) is 0 Å². The highest BCUT2D eigenvalue weighted by atomic mass is 16.3. The van der Waals surface area contributed by atoms with Crippen LogP contribution in [0.1, 0.15) is 42.6 Å². The largest absolute Gasteiger partial charge is 0.391 e. The summed E-state index contributed by atoms with van der Waals surface area (Å²) in [5, 5.41) is 15.9. The van der Waals surface area contributed by atoms with Crippen molar-refractivity contribution in [1.82, 2.24) is 5.32 Å². The summed E-state index contributed by atoms with van der Waals surface area (Å²) < 4.78 is 0. The molecule has 0 saturated carbocycles. The Morgan fingerprint density at radius 3 is 3.00 bits per heavy atom. The van der Waals surface area contributed by atoms with Crippen LogP contribution < -0.4 is 10.6 Å². The van der Waals surface area contributed by atoms with Crippen molar-refractivity contribution in [2.45, 2.75) is 39.2 Å². The Morgan fingerprint density at radius 2 is 2.25 bits per heavy atom. The molecule has 0 spiro atoms. The van der Waals surface area contributed by atoms with Gasteiger partial charge in [-0.2, -0.15) is 0 Å². The summed E-state index contributed by atoms with van der Waals surface area (Å²) in [7, 11) is 0. The molecule has 0 radical (unpaired) electrons. The second-order valence-corrected chi connectivity index (χ2v) is 5.90. The average molecular weight is 276 g/mol. The Hall–Kier alpha value is -1.55. The summed E-state index contributed by atoms with van der Waals surface area (Å²) in [6, 6.07) is 5.75. The Balaban J connectivity index is 1.92. The van der Waals surface area contributed by atoms with Gasteiger partial charge < -0.3 is 15.7 Å². The van der Waals surface area contributed by atoms with Crippen LogP contribution in [0.5, 0.6) is 0 Å². The number of rotatable bonds is 5. The molecule has 4 heteroatoms. The molecule has 0 saturated heterocycles. The summed E-state index contributed by atoms with van der Waals surface area (Å²) in [6.45, 7) is 5.43. The molecular weight excluding hydrogens is 252 g/mol. The van der Waals surface area contributed by atoms with E-state index in [0.29, 0.717) is 24.4 Å². The molecule has 1 atom stereocenters. The average Bonchev–Trinajstić information content (AvgIpc) is 2.43. The minimum atomic E-state index is -0.474. The highest BCUT2D eigenvalue weighted by molar-refractivity contribution is 5.95. The molecule has 1 amide bonds. The number of aliphatic hydroxyl groups excluding tert-OH is 1. The van der Waals surface area contributed by atoms with Gasteiger partial charge in [0.1, 0.15) is 0 Å². The van der Waals surface area contributed by atoms with E-state index < -0.39 is 6.10 Å². The number of carbonyl (C=O) groups excluding carboxylic acids is 1. The third kappa shape index (κ3) is 3.97. The van der Waals surface area contributed by atoms with Crippen LogP contribution in [-0.4, -0.2) is 30.2 Å². The van der Waals surface area contributed by atoms with Crippen LogP contribution in [0.3, 0.4) is 0 Å². The van der Waals surface area contributed by atoms with Crippen molar-refractivity contribution in [3.63, 3.8) is 0 Å². The Labute approximate surface area is 120 Å². The summed E-state index contributed by atoms with van der Waals surface area (Å²) in [4.78, 5) is 12.1. The van der Waals surface area contributed by atoms with Crippen molar-refractivity contribution in [3.05, 3.63) is 29.3 Å². The predicted octanol–water partition coefficient (Wildman–Crippen LogP) is 2.18. The monoisotopic (exact) mass is 276 g/mol. The van der Waals surface area contributed by atoms with Gasteiger partial charge >= 0.3 is 0 Å². The quantitative estimate of drug-likeness (QED) is 0.772. The molecule has 0 bridgehead atoms. The standard InChI is InChI=1S/C16H24N2O2/c1-11(2)8-14(19)10-18-16(20)13-5-6-15-12(9-13)4-3-7-17-15/h5-6,9,11,14,17,19H,3-4,7-8,10H2,1-2H3,(H,18,20). The molecule has 1 aliphatic heterocycles. The van der Waals surface area contributed by atoms with Gasteiger partial charge in [0.05, 0.1) is 6.10 Å². The van der Waals surface area contributed by atoms with Crippen molar-refractivity contribution in [2.24, 2.45) is 5.92 Å². The van der Waals surface area contributed by atoms with E-state index in [0.717, 1.165) is 25.1 Å². The summed E-state index contributed by atoms with van der Waals surface area (Å²) >= 11 is 0. The Bertz CT molecular complexity index is 472. The molecule has 1 aromatic rings. The van der Waals surface area contributed by atoms with Gasteiger partial charge in [0.25, 0.3) is 5.91 Å². The van der Waals surface area contributed by atoms with Crippen LogP contribution in [0.15, 0.2) is 18.2 Å². The van der Waals surface area contributed by atoms with Gasteiger partial charge in [-0.05, 0) is 48.9 Å². The van der Waals surface area contributed by atoms with E-state index in [4.69, 9.17) is 0 Å². The van der Waals surface area contributed by atoms with Crippen molar-refractivity contribution in [2.75, 3.05) is 18.4 Å². The molecule has 20 heavy (non-hydrogen) atoms. The highest BCUT2D eigenvalue weighted by Gasteiger charge is 2.14. The molecule has 1 unspecified atom stereocenters. The van der Waals surface area contributed by atoms with Gasteiger partial charge in [0.15, 0.2) is 0 Å². The van der Waals surface area contributed by atoms with E-state index in [-0.39, 0.29) is 5.91 Å². The van der Waals surface area contributed by atoms with E-state index >= 15 is 0 Å². The van der Waals surface area contributed by atoms with E-state index in [1.165, 1.54) is 5.56 Å². The number of amides is 1. The lowest BCUT2D eigenvalue weighted by Crippen LogP contribution is -2.32. The summed E-state index contributed by atoms with van der Waals surface area (Å²) in [5.41, 5.74) is 3.00. The molecule has 1 aromatic carbocycles. The van der Waals surface area contributed by atoms with E-state index in [1.807, 2.05) is 18.2 Å². The lowest BCUT2D eigenvalue weighted by Gasteiger charge is -2.19. The third-order valence-corrected chi connectivity index (χ3v) is 3.55. The van der Waals surface area contributed by atoms with Gasteiger partial charge in [0.2, 0.25) is 0 Å². The van der Waals surface area contributed by atoms with Crippen molar-refractivity contribution in [1.29, 1.82) is 0 Å². The first-order valence-corrected chi connectivity index (χ1v) is 7.39. The van der Waals surface area contributed by atoms with Crippen LogP contribution in [-0.2, 0) is 6.42 Å². The zero-order valence-corrected chi connectivity index (χ0v) is 12.3. The molecule has 2 rings (SSSR count). The Kier molecular flexibility index (Phi) is 5.01. The molecule has 0 fully saturated rings. The summed E-state index contributed by atoms with van der Waals surface area (Å²) in [6.07, 6.45) is 2.34. The van der Waals surface area contributed by atoms with E-state index in [2.05, 4.69) is 24.5 Å². The maximum atomic E-state index is 12.1. The normalized spacial score (nSPS) is 15.4. The second-order valence-electron chi connectivity index (χ2n) is 5.90. The van der Waals surface area contributed by atoms with E-state index in [1.54, 1.807) is 0 Å². The van der Waals surface area contributed by atoms with Crippen LogP contribution in [0.4, 0.5) is 5.69 Å². The van der Waals surface area contributed by atoms with Gasteiger partial charge in [-0.15, -0.1) is 0 Å². The molecule has 1 heterocycles.